The average Bonchev–Trinajstić information content (AvgIpc) is 2.91. The van der Waals surface area contributed by atoms with E-state index in [1.165, 1.54) is 25.6 Å². The first-order chi connectivity index (χ1) is 12.2. The van der Waals surface area contributed by atoms with Crippen LogP contribution >= 0.6 is 11.8 Å². The van der Waals surface area contributed by atoms with Crippen LogP contribution in [0.25, 0.3) is 0 Å². The van der Waals surface area contributed by atoms with Crippen molar-refractivity contribution < 1.29 is 27.5 Å². The van der Waals surface area contributed by atoms with E-state index in [0.717, 1.165) is 0 Å². The van der Waals surface area contributed by atoms with Gasteiger partial charge < -0.3 is 10.1 Å². The third-order valence-corrected chi connectivity index (χ3v) is 7.05. The molecule has 0 bridgehead atoms. The average molecular weight is 399 g/mol. The Bertz CT molecular complexity index is 788. The molecule has 0 saturated carbocycles. The highest BCUT2D eigenvalue weighted by Crippen LogP contribution is 2.24. The number of ketones is 1. The zero-order valence-electron chi connectivity index (χ0n) is 14.6. The monoisotopic (exact) mass is 399 g/mol. The molecule has 1 saturated heterocycles. The number of carbonyl (C=O) groups excluding carboxylic acids is 3. The quantitative estimate of drug-likeness (QED) is 0.549. The van der Waals surface area contributed by atoms with Gasteiger partial charge in [0.25, 0.3) is 0 Å². The first-order valence-corrected chi connectivity index (χ1v) is 11.0. The Hall–Kier alpha value is -1.87. The van der Waals surface area contributed by atoms with Gasteiger partial charge in [0.05, 0.1) is 17.3 Å². The van der Waals surface area contributed by atoms with Crippen molar-refractivity contribution in [1.29, 1.82) is 0 Å². The minimum absolute atomic E-state index is 0.0132. The number of anilines is 1. The van der Waals surface area contributed by atoms with E-state index >= 15 is 0 Å². The third-order valence-electron chi connectivity index (χ3n) is 3.79. The molecule has 1 fully saturated rings. The maximum atomic E-state index is 12.3. The van der Waals surface area contributed by atoms with Gasteiger partial charge in [-0.3, -0.25) is 14.4 Å². The summed E-state index contributed by atoms with van der Waals surface area (Å²) in [6.07, 6.45) is -0.405. The molecule has 1 heterocycles. The molecule has 2 rings (SSSR count). The number of amides is 1. The van der Waals surface area contributed by atoms with Gasteiger partial charge in [-0.05, 0) is 37.6 Å². The molecule has 0 aliphatic carbocycles. The molecule has 26 heavy (non-hydrogen) atoms. The number of esters is 1. The minimum Gasteiger partial charge on any atom is -0.454 e. The molecular weight excluding hydrogens is 378 g/mol. The number of nitrogens with one attached hydrogen (secondary N) is 1. The van der Waals surface area contributed by atoms with E-state index in [2.05, 4.69) is 5.32 Å². The number of hydrogen-bond donors (Lipinski definition) is 1. The maximum Gasteiger partial charge on any atom is 0.316 e. The van der Waals surface area contributed by atoms with E-state index < -0.39 is 21.9 Å². The van der Waals surface area contributed by atoms with E-state index in [4.69, 9.17) is 4.74 Å². The summed E-state index contributed by atoms with van der Waals surface area (Å²) in [6.45, 7) is 2.88. The van der Waals surface area contributed by atoms with Gasteiger partial charge in [0.2, 0.25) is 11.7 Å². The van der Waals surface area contributed by atoms with Crippen LogP contribution in [0.3, 0.4) is 0 Å². The van der Waals surface area contributed by atoms with Gasteiger partial charge in [-0.15, -0.1) is 11.8 Å². The lowest BCUT2D eigenvalue weighted by atomic mass is 10.1. The first-order valence-electron chi connectivity index (χ1n) is 8.09. The van der Waals surface area contributed by atoms with Crippen molar-refractivity contribution in [3.8, 4) is 0 Å². The summed E-state index contributed by atoms with van der Waals surface area (Å²) < 4.78 is 27.9. The van der Waals surface area contributed by atoms with Crippen LogP contribution in [0, 0.1) is 0 Å². The van der Waals surface area contributed by atoms with Crippen LogP contribution in [-0.2, 0) is 24.2 Å². The van der Waals surface area contributed by atoms with Gasteiger partial charge in [0.15, 0.2) is 15.9 Å². The van der Waals surface area contributed by atoms with Crippen molar-refractivity contribution in [2.24, 2.45) is 0 Å². The standard InChI is InChI=1S/C17H21NO6S2/c1-11(17(21)13-3-5-14(6-4-13)18-12(2)19)24-16(20)9-25-15-7-8-26(22,23)10-15/h3-6,11,15H,7-10H2,1-2H3,(H,18,19)/t11-,15+/m1/s1. The van der Waals surface area contributed by atoms with E-state index in [1.807, 2.05) is 0 Å². The van der Waals surface area contributed by atoms with Crippen LogP contribution in [-0.4, -0.2) is 54.7 Å². The molecule has 1 aromatic rings. The maximum absolute atomic E-state index is 12.3. The predicted molar refractivity (Wildman–Crippen MR) is 100 cm³/mol. The second-order valence-electron chi connectivity index (χ2n) is 6.09. The Morgan fingerprint density at radius 2 is 1.92 bits per heavy atom. The van der Waals surface area contributed by atoms with E-state index in [1.54, 1.807) is 24.3 Å². The largest absolute Gasteiger partial charge is 0.454 e. The van der Waals surface area contributed by atoms with Crippen molar-refractivity contribution in [2.75, 3.05) is 22.6 Å². The van der Waals surface area contributed by atoms with Gasteiger partial charge >= 0.3 is 5.97 Å². The smallest absolute Gasteiger partial charge is 0.316 e. The number of rotatable bonds is 7. The van der Waals surface area contributed by atoms with Crippen LogP contribution in [0.2, 0.25) is 0 Å². The molecule has 1 aliphatic heterocycles. The van der Waals surface area contributed by atoms with Crippen LogP contribution in [0.4, 0.5) is 5.69 Å². The zero-order chi connectivity index (χ0) is 19.3. The normalized spacial score (nSPS) is 19.5. The molecule has 1 aromatic carbocycles. The Balaban J connectivity index is 1.82. The Kier molecular flexibility index (Phi) is 6.82. The Labute approximate surface area is 156 Å². The zero-order valence-corrected chi connectivity index (χ0v) is 16.2. The molecule has 0 aromatic heterocycles. The first kappa shape index (κ1) is 20.4. The highest BCUT2D eigenvalue weighted by Gasteiger charge is 2.29. The molecule has 2 atom stereocenters. The summed E-state index contributed by atoms with van der Waals surface area (Å²) in [5.74, 6) is -0.849. The molecule has 7 nitrogen and oxygen atoms in total. The summed E-state index contributed by atoms with van der Waals surface area (Å²) in [5, 5.41) is 2.50. The second-order valence-corrected chi connectivity index (χ2v) is 9.61. The molecule has 1 amide bonds. The lowest BCUT2D eigenvalue weighted by molar-refractivity contribution is -0.143. The van der Waals surface area contributed by atoms with Crippen molar-refractivity contribution in [3.63, 3.8) is 0 Å². The van der Waals surface area contributed by atoms with E-state index in [0.29, 0.717) is 17.7 Å². The van der Waals surface area contributed by atoms with Crippen molar-refractivity contribution in [1.82, 2.24) is 0 Å². The predicted octanol–water partition coefficient (Wildman–Crippen LogP) is 1.68. The number of thioether (sulfide) groups is 1. The number of carbonyl (C=O) groups is 3. The number of hydrogen-bond acceptors (Lipinski definition) is 7. The minimum atomic E-state index is -2.98. The van der Waals surface area contributed by atoms with E-state index in [-0.39, 0.29) is 34.2 Å². The highest BCUT2D eigenvalue weighted by molar-refractivity contribution is 8.02. The van der Waals surface area contributed by atoms with Crippen LogP contribution in [0.5, 0.6) is 0 Å². The van der Waals surface area contributed by atoms with Crippen molar-refractivity contribution in [2.45, 2.75) is 31.6 Å². The summed E-state index contributed by atoms with van der Waals surface area (Å²) in [7, 11) is -2.98. The van der Waals surface area contributed by atoms with Crippen molar-refractivity contribution in [3.05, 3.63) is 29.8 Å². The van der Waals surface area contributed by atoms with Gasteiger partial charge in [0.1, 0.15) is 0 Å². The van der Waals surface area contributed by atoms with Crippen LogP contribution in [0.1, 0.15) is 30.6 Å². The van der Waals surface area contributed by atoms with Gasteiger partial charge in [-0.1, -0.05) is 0 Å². The molecule has 0 spiro atoms. The number of ether oxygens (including phenoxy) is 1. The second kappa shape index (κ2) is 8.68. The molecule has 0 unspecified atom stereocenters. The molecular formula is C17H21NO6S2. The number of sulfone groups is 1. The number of Topliss-reactive ketones (excluding diaryl/α,β-unsaturated/α-hetero) is 1. The summed E-state index contributed by atoms with van der Waals surface area (Å²) in [5.41, 5.74) is 0.940. The van der Waals surface area contributed by atoms with Gasteiger partial charge in [0, 0.05) is 23.4 Å². The lowest BCUT2D eigenvalue weighted by Gasteiger charge is -2.13. The Morgan fingerprint density at radius 1 is 1.27 bits per heavy atom. The lowest BCUT2D eigenvalue weighted by Crippen LogP contribution is -2.25. The molecule has 1 N–H and O–H groups in total. The highest BCUT2D eigenvalue weighted by atomic mass is 32.2. The van der Waals surface area contributed by atoms with Crippen molar-refractivity contribution >= 4 is 44.9 Å². The molecule has 9 heteroatoms. The molecule has 142 valence electrons. The fraction of sp³-hybridized carbons (Fsp3) is 0.471. The summed E-state index contributed by atoms with van der Waals surface area (Å²) in [4.78, 5) is 35.2. The third kappa shape index (κ3) is 6.14. The molecule has 0 radical (unpaired) electrons. The Morgan fingerprint density at radius 3 is 2.46 bits per heavy atom. The van der Waals surface area contributed by atoms with Crippen LogP contribution < -0.4 is 5.32 Å². The van der Waals surface area contributed by atoms with E-state index in [9.17, 15) is 22.8 Å². The summed E-state index contributed by atoms with van der Waals surface area (Å²) >= 11 is 1.25. The van der Waals surface area contributed by atoms with Gasteiger partial charge in [-0.2, -0.15) is 0 Å². The number of benzene rings is 1. The fourth-order valence-electron chi connectivity index (χ4n) is 2.52. The van der Waals surface area contributed by atoms with Gasteiger partial charge in [-0.25, -0.2) is 8.42 Å². The molecule has 1 aliphatic rings. The fourth-order valence-corrected chi connectivity index (χ4v) is 5.94. The SMILES string of the molecule is CC(=O)Nc1ccc(C(=O)[C@@H](C)OC(=O)CS[C@H]2CCS(=O)(=O)C2)cc1. The topological polar surface area (TPSA) is 107 Å². The van der Waals surface area contributed by atoms with Crippen LogP contribution in [0.15, 0.2) is 24.3 Å². The summed E-state index contributed by atoms with van der Waals surface area (Å²) in [6, 6.07) is 6.30.